The van der Waals surface area contributed by atoms with Gasteiger partial charge < -0.3 is 9.52 Å². The zero-order chi connectivity index (χ0) is 13.3. The zero-order valence-electron chi connectivity index (χ0n) is 9.31. The lowest BCUT2D eigenvalue weighted by molar-refractivity contribution is 0.0647. The van der Waals surface area contributed by atoms with Crippen LogP contribution in [0.1, 0.15) is 34.5 Å². The van der Waals surface area contributed by atoms with Crippen molar-refractivity contribution >= 4 is 17.3 Å². The van der Waals surface area contributed by atoms with E-state index in [2.05, 4.69) is 4.98 Å². The first kappa shape index (κ1) is 12.7. The second-order valence-corrected chi connectivity index (χ2v) is 4.63. The monoisotopic (exact) mass is 273 g/mol. The number of carbonyl (C=O) groups is 1. The van der Waals surface area contributed by atoms with E-state index in [0.717, 1.165) is 11.3 Å². The van der Waals surface area contributed by atoms with E-state index in [9.17, 15) is 13.6 Å². The maximum atomic E-state index is 12.6. The molecule has 0 saturated heterocycles. The average molecular weight is 273 g/mol. The molecule has 0 fully saturated rings. The van der Waals surface area contributed by atoms with E-state index in [1.807, 2.05) is 13.0 Å². The second kappa shape index (κ2) is 4.85. The van der Waals surface area contributed by atoms with Crippen molar-refractivity contribution in [2.45, 2.75) is 19.8 Å². The van der Waals surface area contributed by atoms with Crippen LogP contribution in [0.15, 0.2) is 16.5 Å². The minimum atomic E-state index is -2.97. The highest BCUT2D eigenvalue weighted by molar-refractivity contribution is 7.15. The first-order valence-corrected chi connectivity index (χ1v) is 5.95. The van der Waals surface area contributed by atoms with Crippen LogP contribution in [0.5, 0.6) is 0 Å². The number of oxazole rings is 1. The van der Waals surface area contributed by atoms with E-state index in [4.69, 9.17) is 9.52 Å². The topological polar surface area (TPSA) is 63.3 Å². The van der Waals surface area contributed by atoms with Gasteiger partial charge in [-0.1, -0.05) is 6.92 Å². The summed E-state index contributed by atoms with van der Waals surface area (Å²) in [5.41, 5.74) is -0.830. The highest BCUT2D eigenvalue weighted by Gasteiger charge is 2.27. The molecule has 2 heterocycles. The smallest absolute Gasteiger partial charge is 0.374 e. The number of hydrogen-bond donors (Lipinski definition) is 1. The van der Waals surface area contributed by atoms with Crippen molar-refractivity contribution in [1.29, 1.82) is 0 Å². The Morgan fingerprint density at radius 2 is 2.28 bits per heavy atom. The third-order valence-electron chi connectivity index (χ3n) is 2.28. The predicted octanol–water partition coefficient (Wildman–Crippen LogP) is 3.60. The van der Waals surface area contributed by atoms with Crippen LogP contribution in [0.2, 0.25) is 0 Å². The molecule has 1 N–H and O–H groups in total. The third-order valence-corrected chi connectivity index (χ3v) is 3.49. The molecule has 2 aromatic rings. The van der Waals surface area contributed by atoms with Crippen molar-refractivity contribution < 1.29 is 23.1 Å². The van der Waals surface area contributed by atoms with Crippen LogP contribution in [0.25, 0.3) is 10.8 Å². The molecule has 96 valence electrons. The number of rotatable bonds is 4. The van der Waals surface area contributed by atoms with Gasteiger partial charge in [0.05, 0.1) is 4.88 Å². The van der Waals surface area contributed by atoms with Crippen molar-refractivity contribution in [3.8, 4) is 10.8 Å². The van der Waals surface area contributed by atoms with Gasteiger partial charge >= 0.3 is 5.97 Å². The van der Waals surface area contributed by atoms with E-state index < -0.39 is 23.8 Å². The first-order chi connectivity index (χ1) is 8.52. The van der Waals surface area contributed by atoms with Crippen LogP contribution in [0.4, 0.5) is 8.78 Å². The summed E-state index contributed by atoms with van der Waals surface area (Å²) in [7, 11) is 0. The normalized spacial score (nSPS) is 11.1. The Morgan fingerprint density at radius 3 is 2.72 bits per heavy atom. The Balaban J connectivity index is 2.46. The van der Waals surface area contributed by atoms with Crippen LogP contribution in [0.3, 0.4) is 0 Å². The third kappa shape index (κ3) is 2.26. The number of thiophene rings is 1. The molecule has 0 bridgehead atoms. The minimum Gasteiger partial charge on any atom is -0.475 e. The molecular weight excluding hydrogens is 264 g/mol. The van der Waals surface area contributed by atoms with Crippen molar-refractivity contribution in [3.05, 3.63) is 28.5 Å². The predicted molar refractivity (Wildman–Crippen MR) is 61.1 cm³/mol. The summed E-state index contributed by atoms with van der Waals surface area (Å²) in [6.07, 6.45) is -2.17. The van der Waals surface area contributed by atoms with Crippen LogP contribution in [-0.2, 0) is 6.42 Å². The van der Waals surface area contributed by atoms with Crippen LogP contribution < -0.4 is 0 Å². The SMILES string of the molecule is CCc1ccc(-c2nc(C(F)F)c(C(=O)O)o2)s1. The van der Waals surface area contributed by atoms with Gasteiger partial charge in [-0.05, 0) is 18.6 Å². The Bertz CT molecular complexity index is 577. The molecule has 0 atom stereocenters. The van der Waals surface area contributed by atoms with Gasteiger partial charge in [0.15, 0.2) is 5.69 Å². The maximum Gasteiger partial charge on any atom is 0.374 e. The van der Waals surface area contributed by atoms with Gasteiger partial charge in [0, 0.05) is 4.88 Å². The van der Waals surface area contributed by atoms with E-state index in [-0.39, 0.29) is 5.89 Å². The van der Waals surface area contributed by atoms with Gasteiger partial charge in [-0.25, -0.2) is 18.6 Å². The largest absolute Gasteiger partial charge is 0.475 e. The number of hydrogen-bond acceptors (Lipinski definition) is 4. The maximum absolute atomic E-state index is 12.6. The summed E-state index contributed by atoms with van der Waals surface area (Å²) in [6.45, 7) is 1.96. The molecule has 0 aliphatic heterocycles. The number of aromatic nitrogens is 1. The molecule has 4 nitrogen and oxygen atoms in total. The molecule has 2 rings (SSSR count). The quantitative estimate of drug-likeness (QED) is 0.924. The molecule has 2 aromatic heterocycles. The Morgan fingerprint density at radius 1 is 1.56 bits per heavy atom. The summed E-state index contributed by atoms with van der Waals surface area (Å²) >= 11 is 1.34. The van der Waals surface area contributed by atoms with Gasteiger partial charge in [0.25, 0.3) is 6.43 Å². The molecule has 0 spiro atoms. The summed E-state index contributed by atoms with van der Waals surface area (Å²) in [5, 5.41) is 8.76. The fourth-order valence-corrected chi connectivity index (χ4v) is 2.29. The highest BCUT2D eigenvalue weighted by Crippen LogP contribution is 2.32. The lowest BCUT2D eigenvalue weighted by atomic mass is 10.3. The lowest BCUT2D eigenvalue weighted by Gasteiger charge is -1.91. The highest BCUT2D eigenvalue weighted by atomic mass is 32.1. The van der Waals surface area contributed by atoms with Crippen LogP contribution in [-0.4, -0.2) is 16.1 Å². The zero-order valence-corrected chi connectivity index (χ0v) is 10.1. The van der Waals surface area contributed by atoms with Gasteiger partial charge in [0.1, 0.15) is 0 Å². The summed E-state index contributed by atoms with van der Waals surface area (Å²) in [6, 6.07) is 3.50. The van der Waals surface area contributed by atoms with Crippen molar-refractivity contribution in [2.24, 2.45) is 0 Å². The second-order valence-electron chi connectivity index (χ2n) is 3.46. The van der Waals surface area contributed by atoms with Gasteiger partial charge in [-0.3, -0.25) is 0 Å². The number of aromatic carboxylic acids is 1. The van der Waals surface area contributed by atoms with Crippen molar-refractivity contribution in [3.63, 3.8) is 0 Å². The number of halogens is 2. The molecule has 18 heavy (non-hydrogen) atoms. The lowest BCUT2D eigenvalue weighted by Crippen LogP contribution is -1.99. The minimum absolute atomic E-state index is 0.0765. The fraction of sp³-hybridized carbons (Fsp3) is 0.273. The first-order valence-electron chi connectivity index (χ1n) is 5.14. The molecule has 0 aromatic carbocycles. The number of nitrogens with zero attached hydrogens (tertiary/aromatic N) is 1. The molecule has 7 heteroatoms. The van der Waals surface area contributed by atoms with E-state index in [1.165, 1.54) is 11.3 Å². The summed E-state index contributed by atoms with van der Waals surface area (Å²) < 4.78 is 30.1. The van der Waals surface area contributed by atoms with Gasteiger partial charge in [-0.2, -0.15) is 0 Å². The number of carboxylic acid groups (broad SMARTS) is 1. The van der Waals surface area contributed by atoms with E-state index in [0.29, 0.717) is 4.88 Å². The Hall–Kier alpha value is -1.76. The van der Waals surface area contributed by atoms with Crippen LogP contribution in [0, 0.1) is 0 Å². The molecule has 0 aliphatic carbocycles. The molecule has 0 saturated carbocycles. The van der Waals surface area contributed by atoms with Gasteiger partial charge in [-0.15, -0.1) is 11.3 Å². The van der Waals surface area contributed by atoms with Crippen LogP contribution >= 0.6 is 11.3 Å². The molecule has 0 radical (unpaired) electrons. The van der Waals surface area contributed by atoms with E-state index in [1.54, 1.807) is 6.07 Å². The Kier molecular flexibility index (Phi) is 3.42. The van der Waals surface area contributed by atoms with E-state index >= 15 is 0 Å². The summed E-state index contributed by atoms with van der Waals surface area (Å²) in [4.78, 5) is 15.9. The average Bonchev–Trinajstić information content (AvgIpc) is 2.95. The van der Waals surface area contributed by atoms with Gasteiger partial charge in [0.2, 0.25) is 11.7 Å². The number of aryl methyl sites for hydroxylation is 1. The molecule has 0 unspecified atom stereocenters. The fourth-order valence-electron chi connectivity index (χ4n) is 1.42. The molecule has 0 aliphatic rings. The summed E-state index contributed by atoms with van der Waals surface area (Å²) in [5.74, 6) is -2.42. The van der Waals surface area contributed by atoms with Crippen molar-refractivity contribution in [1.82, 2.24) is 4.98 Å². The molecule has 0 amide bonds. The Labute approximate surface area is 105 Å². The standard InChI is InChI=1S/C11H9F2NO3S/c1-2-5-3-4-6(18-5)10-14-7(9(12)13)8(17-10)11(15)16/h3-4,9H,2H2,1H3,(H,15,16). The van der Waals surface area contributed by atoms with Crippen molar-refractivity contribution in [2.75, 3.05) is 0 Å². The number of carboxylic acids is 1. The molecular formula is C11H9F2NO3S. The number of alkyl halides is 2.